The van der Waals surface area contributed by atoms with Crippen LogP contribution in [0.4, 0.5) is 0 Å². The number of hydrogen-bond acceptors (Lipinski definition) is 6. The van der Waals surface area contributed by atoms with Gasteiger partial charge in [-0.15, -0.1) is 0 Å². The van der Waals surface area contributed by atoms with E-state index in [2.05, 4.69) is 33.5 Å². The zero-order chi connectivity index (χ0) is 23.9. The number of fused-ring (bicyclic) bond motifs is 3. The summed E-state index contributed by atoms with van der Waals surface area (Å²) in [5.74, 6) is 0.999. The number of piperidine rings is 1. The first kappa shape index (κ1) is 21.8. The minimum absolute atomic E-state index is 0.453. The third-order valence-electron chi connectivity index (χ3n) is 7.78. The summed E-state index contributed by atoms with van der Waals surface area (Å²) in [7, 11) is 1.59. The molecule has 35 heavy (non-hydrogen) atoms. The molecule has 2 aliphatic heterocycles. The van der Waals surface area contributed by atoms with E-state index in [0.717, 1.165) is 47.4 Å². The molecule has 7 nitrogen and oxygen atoms in total. The Kier molecular flexibility index (Phi) is 5.46. The van der Waals surface area contributed by atoms with Crippen LogP contribution in [0, 0.1) is 11.3 Å². The maximum absolute atomic E-state index is 9.47. The van der Waals surface area contributed by atoms with Crippen LogP contribution in [0.5, 0.6) is 5.75 Å². The SMILES string of the molecule is CCN1C2CCC1CC(c1ccnc3c(-c4ccc(C#N)c(OC)c4)c(-c4ccncc4)nn13)C2. The van der Waals surface area contributed by atoms with Crippen molar-refractivity contribution in [1.82, 2.24) is 24.5 Å². The normalized spacial score (nSPS) is 21.8. The highest BCUT2D eigenvalue weighted by Crippen LogP contribution is 2.44. The fraction of sp³-hybridized carbons (Fsp3) is 0.357. The maximum Gasteiger partial charge on any atom is 0.163 e. The number of ether oxygens (including phenoxy) is 1. The second kappa shape index (κ2) is 8.79. The summed E-state index contributed by atoms with van der Waals surface area (Å²) in [6, 6.07) is 15.3. The Labute approximate surface area is 205 Å². The standard InChI is InChI=1S/C28H28N6O/c1-3-33-22-6-7-23(33)15-21(14-22)24-10-13-31-28-26(19-4-5-20(17-29)25(16-19)35-2)27(32-34(24)28)18-8-11-30-12-9-18/h4-5,8-13,16,21-23H,3,6-7,14-15H2,1-2H3. The molecule has 6 rings (SSSR count). The molecule has 4 aromatic rings. The van der Waals surface area contributed by atoms with E-state index in [1.807, 2.05) is 30.5 Å². The summed E-state index contributed by atoms with van der Waals surface area (Å²) in [5, 5.41) is 14.6. The van der Waals surface area contributed by atoms with E-state index in [9.17, 15) is 5.26 Å². The molecular weight excluding hydrogens is 436 g/mol. The van der Waals surface area contributed by atoms with Crippen molar-refractivity contribution in [3.63, 3.8) is 0 Å². The van der Waals surface area contributed by atoms with Crippen LogP contribution in [0.3, 0.4) is 0 Å². The minimum Gasteiger partial charge on any atom is -0.495 e. The van der Waals surface area contributed by atoms with Crippen molar-refractivity contribution in [2.75, 3.05) is 13.7 Å². The predicted octanol–water partition coefficient (Wildman–Crippen LogP) is 5.07. The van der Waals surface area contributed by atoms with E-state index in [0.29, 0.717) is 29.3 Å². The molecule has 2 unspecified atom stereocenters. The number of rotatable bonds is 5. The smallest absolute Gasteiger partial charge is 0.163 e. The van der Waals surface area contributed by atoms with Gasteiger partial charge in [0.2, 0.25) is 0 Å². The molecule has 2 aliphatic rings. The molecule has 2 atom stereocenters. The average molecular weight is 465 g/mol. The molecule has 7 heteroatoms. The highest BCUT2D eigenvalue weighted by atomic mass is 16.5. The van der Waals surface area contributed by atoms with Crippen molar-refractivity contribution in [2.24, 2.45) is 0 Å². The number of aromatic nitrogens is 4. The number of hydrogen-bond donors (Lipinski definition) is 0. The van der Waals surface area contributed by atoms with Gasteiger partial charge in [0.1, 0.15) is 17.5 Å². The summed E-state index contributed by atoms with van der Waals surface area (Å²) in [6.45, 7) is 3.41. The molecule has 1 aromatic carbocycles. The molecule has 2 bridgehead atoms. The number of methoxy groups -OCH3 is 1. The van der Waals surface area contributed by atoms with Crippen LogP contribution in [-0.4, -0.2) is 50.2 Å². The zero-order valence-electron chi connectivity index (χ0n) is 20.1. The van der Waals surface area contributed by atoms with Gasteiger partial charge < -0.3 is 4.74 Å². The van der Waals surface area contributed by atoms with Crippen LogP contribution in [0.25, 0.3) is 28.0 Å². The summed E-state index contributed by atoms with van der Waals surface area (Å²) in [4.78, 5) is 11.7. The number of nitrogens with zero attached hydrogens (tertiary/aromatic N) is 6. The monoisotopic (exact) mass is 464 g/mol. The molecule has 0 amide bonds. The van der Waals surface area contributed by atoms with Gasteiger partial charge in [0.25, 0.3) is 0 Å². The van der Waals surface area contributed by atoms with Gasteiger partial charge in [0.05, 0.1) is 18.2 Å². The lowest BCUT2D eigenvalue weighted by atomic mass is 9.88. The molecule has 0 saturated carbocycles. The highest BCUT2D eigenvalue weighted by Gasteiger charge is 2.41. The summed E-state index contributed by atoms with van der Waals surface area (Å²) in [6.07, 6.45) is 10.4. The van der Waals surface area contributed by atoms with Crippen molar-refractivity contribution in [3.05, 3.63) is 66.2 Å². The predicted molar refractivity (Wildman–Crippen MR) is 134 cm³/mol. The summed E-state index contributed by atoms with van der Waals surface area (Å²) in [5.41, 5.74) is 6.26. The maximum atomic E-state index is 9.47. The molecule has 2 fully saturated rings. The second-order valence-corrected chi connectivity index (χ2v) is 9.48. The van der Waals surface area contributed by atoms with Gasteiger partial charge in [-0.05, 0) is 68.1 Å². The Hall–Kier alpha value is -3.76. The molecule has 5 heterocycles. The Bertz CT molecular complexity index is 1410. The molecular formula is C28H28N6O. The quantitative estimate of drug-likeness (QED) is 0.410. The molecule has 0 spiro atoms. The molecule has 0 radical (unpaired) electrons. The summed E-state index contributed by atoms with van der Waals surface area (Å²) < 4.78 is 7.57. The molecule has 3 aromatic heterocycles. The van der Waals surface area contributed by atoms with E-state index in [1.165, 1.54) is 18.5 Å². The lowest BCUT2D eigenvalue weighted by Crippen LogP contribution is -2.42. The van der Waals surface area contributed by atoms with Crippen molar-refractivity contribution >= 4 is 5.65 Å². The van der Waals surface area contributed by atoms with Gasteiger partial charge in [-0.1, -0.05) is 13.0 Å². The van der Waals surface area contributed by atoms with Crippen molar-refractivity contribution in [2.45, 2.75) is 50.6 Å². The van der Waals surface area contributed by atoms with Crippen LogP contribution < -0.4 is 4.74 Å². The van der Waals surface area contributed by atoms with Crippen molar-refractivity contribution in [1.29, 1.82) is 5.26 Å². The molecule has 2 saturated heterocycles. The van der Waals surface area contributed by atoms with Crippen LogP contribution in [0.15, 0.2) is 55.0 Å². The van der Waals surface area contributed by atoms with E-state index in [4.69, 9.17) is 14.8 Å². The molecule has 0 aliphatic carbocycles. The lowest BCUT2D eigenvalue weighted by molar-refractivity contribution is 0.132. The van der Waals surface area contributed by atoms with Gasteiger partial charge in [0.15, 0.2) is 5.65 Å². The lowest BCUT2D eigenvalue weighted by Gasteiger charge is -2.38. The van der Waals surface area contributed by atoms with Crippen molar-refractivity contribution in [3.8, 4) is 34.2 Å². The Balaban J connectivity index is 1.53. The second-order valence-electron chi connectivity index (χ2n) is 9.48. The van der Waals surface area contributed by atoms with Gasteiger partial charge in [-0.3, -0.25) is 9.88 Å². The molecule has 176 valence electrons. The van der Waals surface area contributed by atoms with Crippen LogP contribution in [0.2, 0.25) is 0 Å². The topological polar surface area (TPSA) is 79.3 Å². The van der Waals surface area contributed by atoms with Gasteiger partial charge in [-0.2, -0.15) is 10.4 Å². The van der Waals surface area contributed by atoms with Gasteiger partial charge >= 0.3 is 0 Å². The summed E-state index contributed by atoms with van der Waals surface area (Å²) >= 11 is 0. The van der Waals surface area contributed by atoms with Gasteiger partial charge in [-0.25, -0.2) is 9.50 Å². The Morgan fingerprint density at radius 3 is 2.49 bits per heavy atom. The van der Waals surface area contributed by atoms with Gasteiger partial charge in [0, 0.05) is 47.8 Å². The van der Waals surface area contributed by atoms with Crippen LogP contribution in [-0.2, 0) is 0 Å². The van der Waals surface area contributed by atoms with E-state index in [-0.39, 0.29) is 0 Å². The van der Waals surface area contributed by atoms with E-state index >= 15 is 0 Å². The first-order valence-electron chi connectivity index (χ1n) is 12.3. The largest absolute Gasteiger partial charge is 0.495 e. The van der Waals surface area contributed by atoms with Crippen LogP contribution in [0.1, 0.15) is 49.8 Å². The third-order valence-corrected chi connectivity index (χ3v) is 7.78. The molecule has 0 N–H and O–H groups in total. The Morgan fingerprint density at radius 1 is 1.03 bits per heavy atom. The van der Waals surface area contributed by atoms with Crippen LogP contribution >= 0.6 is 0 Å². The first-order chi connectivity index (χ1) is 17.2. The first-order valence-corrected chi connectivity index (χ1v) is 12.3. The van der Waals surface area contributed by atoms with Crippen molar-refractivity contribution < 1.29 is 4.74 Å². The number of pyridine rings is 1. The fourth-order valence-corrected chi connectivity index (χ4v) is 6.22. The number of benzene rings is 1. The van der Waals surface area contributed by atoms with E-state index < -0.39 is 0 Å². The third kappa shape index (κ3) is 3.57. The zero-order valence-corrected chi connectivity index (χ0v) is 20.1. The number of nitriles is 1. The highest BCUT2D eigenvalue weighted by molar-refractivity contribution is 5.91. The van der Waals surface area contributed by atoms with E-state index in [1.54, 1.807) is 25.6 Å². The fourth-order valence-electron chi connectivity index (χ4n) is 6.22. The average Bonchev–Trinajstić information content (AvgIpc) is 3.42. The Morgan fingerprint density at radius 2 is 1.80 bits per heavy atom. The minimum atomic E-state index is 0.453.